The van der Waals surface area contributed by atoms with Crippen LogP contribution in [0.25, 0.3) is 0 Å². The van der Waals surface area contributed by atoms with Gasteiger partial charge in [-0.1, -0.05) is 71.1 Å². The zero-order valence-electron chi connectivity index (χ0n) is 26.9. The second-order valence-electron chi connectivity index (χ2n) is 14.4. The Hall–Kier alpha value is -3.36. The number of aromatic nitrogens is 6. The first-order chi connectivity index (χ1) is 22.1. The standard InChI is InChI=1S/C37H48N8/c1-26(28-10-5-3-6-11-28)42-24-36(30-16-18-34(42)20-30)44-22-32(38-40-44)14-9-15-33-23-45(41-39-33)37-25-43(35-19-17-31(37)21-35)27(2)29-12-7-4-8-13-29/h3-8,10-13,22-23,26-27,30-31,34-37H,9,14-21,24-25H2,1-2H3/t26-,27-,30+,31+,34-,35-,36+,37+/m0/s1. The Morgan fingerprint density at radius 2 is 1.07 bits per heavy atom. The van der Waals surface area contributed by atoms with Gasteiger partial charge in [0.2, 0.25) is 0 Å². The molecule has 4 bridgehead atoms. The Bertz CT molecular complexity index is 1430. The second-order valence-corrected chi connectivity index (χ2v) is 14.4. The molecule has 0 radical (unpaired) electrons. The third-order valence-electron chi connectivity index (χ3n) is 11.9. The van der Waals surface area contributed by atoms with Crippen LogP contribution in [0.5, 0.6) is 0 Å². The van der Waals surface area contributed by atoms with Crippen LogP contribution in [0, 0.1) is 11.8 Å². The molecule has 0 N–H and O–H groups in total. The van der Waals surface area contributed by atoms with Crippen LogP contribution in [-0.2, 0) is 12.8 Å². The van der Waals surface area contributed by atoms with Crippen molar-refractivity contribution in [2.75, 3.05) is 13.1 Å². The maximum absolute atomic E-state index is 4.68. The third-order valence-corrected chi connectivity index (χ3v) is 11.9. The molecule has 2 aromatic carbocycles. The van der Waals surface area contributed by atoms with E-state index < -0.39 is 0 Å². The molecule has 2 saturated heterocycles. The summed E-state index contributed by atoms with van der Waals surface area (Å²) >= 11 is 0. The van der Waals surface area contributed by atoms with Gasteiger partial charge in [-0.25, -0.2) is 9.36 Å². The van der Waals surface area contributed by atoms with Crippen molar-refractivity contribution in [3.05, 3.63) is 95.6 Å². The van der Waals surface area contributed by atoms with Gasteiger partial charge in [-0.3, -0.25) is 9.80 Å². The van der Waals surface area contributed by atoms with Crippen LogP contribution in [0.2, 0.25) is 0 Å². The number of hydrogen-bond donors (Lipinski definition) is 0. The predicted octanol–water partition coefficient (Wildman–Crippen LogP) is 6.62. The number of likely N-dealkylation sites (tertiary alicyclic amines) is 2. The molecule has 8 heteroatoms. The van der Waals surface area contributed by atoms with E-state index in [1.165, 1.54) is 49.7 Å². The van der Waals surface area contributed by atoms with Crippen LogP contribution < -0.4 is 0 Å². The fourth-order valence-corrected chi connectivity index (χ4v) is 9.34. The first-order valence-corrected chi connectivity index (χ1v) is 17.5. The largest absolute Gasteiger partial charge is 0.292 e. The smallest absolute Gasteiger partial charge is 0.0827 e. The summed E-state index contributed by atoms with van der Waals surface area (Å²) in [5.41, 5.74) is 5.01. The lowest BCUT2D eigenvalue weighted by Crippen LogP contribution is -2.45. The van der Waals surface area contributed by atoms with Gasteiger partial charge >= 0.3 is 0 Å². The quantitative estimate of drug-likeness (QED) is 0.203. The summed E-state index contributed by atoms with van der Waals surface area (Å²) in [7, 11) is 0. The SMILES string of the molecule is C[C@@H](c1ccccc1)N1C[C@@H](n2cc(CCCc3cn([C@@H]4CN([C@@H](C)c5ccccc5)[C@H]5CC[C@@H]4C5)nn3)nn2)[C@@H]2CC[C@H]1C2. The Morgan fingerprint density at radius 3 is 1.51 bits per heavy atom. The van der Waals surface area contributed by atoms with E-state index in [0.717, 1.165) is 43.7 Å². The molecule has 2 aromatic heterocycles. The van der Waals surface area contributed by atoms with Crippen LogP contribution in [-0.4, -0.2) is 65.0 Å². The van der Waals surface area contributed by atoms with Crippen LogP contribution in [0.15, 0.2) is 73.1 Å². The Morgan fingerprint density at radius 1 is 0.622 bits per heavy atom. The lowest BCUT2D eigenvalue weighted by atomic mass is 9.91. The van der Waals surface area contributed by atoms with Crippen LogP contribution in [0.1, 0.15) is 105 Å². The molecule has 4 heterocycles. The van der Waals surface area contributed by atoms with E-state index in [2.05, 4.69) is 127 Å². The Kier molecular flexibility index (Phi) is 8.04. The minimum atomic E-state index is 0.408. The zero-order chi connectivity index (χ0) is 30.3. The van der Waals surface area contributed by atoms with Crippen molar-refractivity contribution in [3.63, 3.8) is 0 Å². The fraction of sp³-hybridized carbons (Fsp3) is 0.568. The van der Waals surface area contributed by atoms with Gasteiger partial charge in [-0.2, -0.15) is 0 Å². The maximum atomic E-state index is 4.68. The molecular weight excluding hydrogens is 556 g/mol. The van der Waals surface area contributed by atoms with Gasteiger partial charge < -0.3 is 0 Å². The van der Waals surface area contributed by atoms with E-state index in [1.54, 1.807) is 0 Å². The molecule has 0 amide bonds. The van der Waals surface area contributed by atoms with Gasteiger partial charge in [0.1, 0.15) is 0 Å². The maximum Gasteiger partial charge on any atom is 0.0827 e. The molecule has 2 aliphatic carbocycles. The van der Waals surface area contributed by atoms with Gasteiger partial charge in [0, 0.05) is 49.7 Å². The summed E-state index contributed by atoms with van der Waals surface area (Å²) < 4.78 is 4.39. The Balaban J connectivity index is 0.878. The highest BCUT2D eigenvalue weighted by molar-refractivity contribution is 5.20. The normalized spacial score (nSPS) is 29.6. The van der Waals surface area contributed by atoms with Gasteiger partial charge in [0.05, 0.1) is 23.5 Å². The van der Waals surface area contributed by atoms with Crippen molar-refractivity contribution in [2.45, 2.75) is 108 Å². The van der Waals surface area contributed by atoms with E-state index in [1.807, 2.05) is 0 Å². The summed E-state index contributed by atoms with van der Waals surface area (Å²) in [6, 6.07) is 25.0. The molecule has 4 fully saturated rings. The van der Waals surface area contributed by atoms with Gasteiger partial charge in [0.15, 0.2) is 0 Å². The monoisotopic (exact) mass is 604 g/mol. The summed E-state index contributed by atoms with van der Waals surface area (Å²) in [6.45, 7) is 6.85. The average Bonchev–Trinajstić information content (AvgIpc) is 3.91. The van der Waals surface area contributed by atoms with Crippen LogP contribution in [0.3, 0.4) is 0 Å². The number of nitrogens with zero attached hydrogens (tertiary/aromatic N) is 8. The molecule has 2 saturated carbocycles. The van der Waals surface area contributed by atoms with Crippen LogP contribution in [0.4, 0.5) is 0 Å². The molecule has 4 aromatic rings. The highest BCUT2D eigenvalue weighted by Gasteiger charge is 2.44. The number of fused-ring (bicyclic) bond motifs is 4. The number of aryl methyl sites for hydroxylation is 2. The first-order valence-electron chi connectivity index (χ1n) is 17.5. The highest BCUT2D eigenvalue weighted by atomic mass is 15.5. The van der Waals surface area contributed by atoms with Gasteiger partial charge in [-0.05, 0) is 94.6 Å². The second kappa shape index (κ2) is 12.4. The van der Waals surface area contributed by atoms with Gasteiger partial charge in [0.25, 0.3) is 0 Å². The molecule has 0 spiro atoms. The first kappa shape index (κ1) is 29.1. The summed E-state index contributed by atoms with van der Waals surface area (Å²) in [6.07, 6.45) is 15.1. The summed E-state index contributed by atoms with van der Waals surface area (Å²) in [4.78, 5) is 5.46. The lowest BCUT2D eigenvalue weighted by Gasteiger charge is -2.42. The lowest BCUT2D eigenvalue weighted by molar-refractivity contribution is 0.0688. The number of hydrogen-bond acceptors (Lipinski definition) is 6. The highest BCUT2D eigenvalue weighted by Crippen LogP contribution is 2.46. The fourth-order valence-electron chi connectivity index (χ4n) is 9.34. The van der Waals surface area contributed by atoms with Crippen molar-refractivity contribution < 1.29 is 0 Å². The minimum absolute atomic E-state index is 0.408. The number of rotatable bonds is 10. The van der Waals surface area contributed by atoms with E-state index in [4.69, 9.17) is 0 Å². The number of piperidine rings is 2. The molecule has 0 unspecified atom stereocenters. The zero-order valence-corrected chi connectivity index (χ0v) is 26.9. The molecule has 8 rings (SSSR count). The molecule has 4 aliphatic rings. The van der Waals surface area contributed by atoms with E-state index >= 15 is 0 Å². The summed E-state index contributed by atoms with van der Waals surface area (Å²) in [5.74, 6) is 1.42. The molecular formula is C37H48N8. The molecule has 45 heavy (non-hydrogen) atoms. The van der Waals surface area contributed by atoms with E-state index in [-0.39, 0.29) is 0 Å². The molecule has 8 nitrogen and oxygen atoms in total. The predicted molar refractivity (Wildman–Crippen MR) is 176 cm³/mol. The van der Waals surface area contributed by atoms with Gasteiger partial charge in [-0.15, -0.1) is 10.2 Å². The third kappa shape index (κ3) is 5.76. The van der Waals surface area contributed by atoms with Crippen molar-refractivity contribution in [1.29, 1.82) is 0 Å². The van der Waals surface area contributed by atoms with E-state index in [9.17, 15) is 0 Å². The molecule has 8 atom stereocenters. The number of benzene rings is 2. The Labute approximate surface area is 267 Å². The van der Waals surface area contributed by atoms with Crippen molar-refractivity contribution in [1.82, 2.24) is 39.8 Å². The molecule has 236 valence electrons. The topological polar surface area (TPSA) is 67.9 Å². The van der Waals surface area contributed by atoms with Crippen molar-refractivity contribution >= 4 is 0 Å². The summed E-state index contributed by atoms with van der Waals surface area (Å²) in [5, 5.41) is 18.6. The minimum Gasteiger partial charge on any atom is -0.292 e. The average molecular weight is 605 g/mol. The van der Waals surface area contributed by atoms with Crippen molar-refractivity contribution in [3.8, 4) is 0 Å². The van der Waals surface area contributed by atoms with E-state index in [0.29, 0.717) is 48.1 Å². The van der Waals surface area contributed by atoms with Crippen molar-refractivity contribution in [2.24, 2.45) is 11.8 Å². The molecule has 2 aliphatic heterocycles. The van der Waals surface area contributed by atoms with Crippen LogP contribution >= 0.6 is 0 Å².